The van der Waals surface area contributed by atoms with Crippen molar-refractivity contribution in [2.75, 3.05) is 33.5 Å². The Morgan fingerprint density at radius 2 is 1.82 bits per heavy atom. The van der Waals surface area contributed by atoms with Gasteiger partial charge in [-0.1, -0.05) is 30.3 Å². The molecule has 1 saturated carbocycles. The quantitative estimate of drug-likeness (QED) is 0.617. The summed E-state index contributed by atoms with van der Waals surface area (Å²) in [5.74, 6) is 1.32. The van der Waals surface area contributed by atoms with Gasteiger partial charge in [0.1, 0.15) is 11.9 Å². The number of amides is 1. The minimum absolute atomic E-state index is 0.0407. The number of hydrogen-bond acceptors (Lipinski definition) is 5. The molecule has 6 heteroatoms. The Morgan fingerprint density at radius 1 is 1.06 bits per heavy atom. The molecule has 2 bridgehead atoms. The standard InChI is InChI=1S/C28H34N2O4/c1-32-18-33-23-5-2-19(3-6-23)21-4-7-24-22(16-21)8-11-28(12-13-28)26(24)29-27(31)34-25-17-30-14-9-20(25)10-15-30/h2-7,16,20,25-26H,8-15,17-18H2,1H3,(H,29,31)/t25-,26?/m0/s1. The first-order valence-corrected chi connectivity index (χ1v) is 12.7. The minimum atomic E-state index is -0.237. The van der Waals surface area contributed by atoms with Crippen molar-refractivity contribution in [1.29, 1.82) is 0 Å². The Kier molecular flexibility index (Phi) is 5.74. The van der Waals surface area contributed by atoms with Crippen LogP contribution in [0.4, 0.5) is 4.79 Å². The predicted molar refractivity (Wildman–Crippen MR) is 130 cm³/mol. The minimum Gasteiger partial charge on any atom is -0.468 e. The van der Waals surface area contributed by atoms with Crippen molar-refractivity contribution in [2.24, 2.45) is 11.3 Å². The fourth-order valence-corrected chi connectivity index (χ4v) is 6.28. The van der Waals surface area contributed by atoms with E-state index >= 15 is 0 Å². The number of carbonyl (C=O) groups is 1. The Hall–Kier alpha value is -2.57. The molecule has 6 nitrogen and oxygen atoms in total. The average molecular weight is 463 g/mol. The summed E-state index contributed by atoms with van der Waals surface area (Å²) in [6, 6.07) is 14.9. The van der Waals surface area contributed by atoms with E-state index in [1.54, 1.807) is 7.11 Å². The molecule has 4 fully saturated rings. The van der Waals surface area contributed by atoms with E-state index in [1.165, 1.54) is 29.5 Å². The molecule has 2 aromatic rings. The second-order valence-electron chi connectivity index (χ2n) is 10.5. The fourth-order valence-electron chi connectivity index (χ4n) is 6.28. The van der Waals surface area contributed by atoms with Crippen LogP contribution in [0.2, 0.25) is 0 Å². The number of aryl methyl sites for hydroxylation is 1. The molecule has 0 aromatic heterocycles. The van der Waals surface area contributed by atoms with Crippen LogP contribution >= 0.6 is 0 Å². The van der Waals surface area contributed by atoms with Gasteiger partial charge in [-0.2, -0.15) is 0 Å². The van der Waals surface area contributed by atoms with Gasteiger partial charge >= 0.3 is 6.09 Å². The summed E-state index contributed by atoms with van der Waals surface area (Å²) in [6.07, 6.45) is 6.65. The molecular formula is C28H34N2O4. The van der Waals surface area contributed by atoms with E-state index in [0.29, 0.717) is 5.92 Å². The number of fused-ring (bicyclic) bond motifs is 4. The molecule has 1 unspecified atom stereocenters. The number of rotatable bonds is 6. The Balaban J connectivity index is 1.18. The van der Waals surface area contributed by atoms with Gasteiger partial charge in [-0.05, 0) is 97.3 Å². The van der Waals surface area contributed by atoms with E-state index in [2.05, 4.69) is 40.5 Å². The highest BCUT2D eigenvalue weighted by Gasteiger charge is 2.53. The number of methoxy groups -OCH3 is 1. The van der Waals surface area contributed by atoms with Gasteiger partial charge in [0.05, 0.1) is 6.04 Å². The lowest BCUT2D eigenvalue weighted by Crippen LogP contribution is -2.53. The van der Waals surface area contributed by atoms with Crippen LogP contribution in [0.3, 0.4) is 0 Å². The number of nitrogens with one attached hydrogen (secondary N) is 1. The molecule has 2 atom stereocenters. The van der Waals surface area contributed by atoms with Crippen molar-refractivity contribution in [2.45, 2.75) is 50.7 Å². The molecule has 3 aliphatic heterocycles. The number of hydrogen-bond donors (Lipinski definition) is 1. The van der Waals surface area contributed by atoms with Crippen molar-refractivity contribution < 1.29 is 19.0 Å². The van der Waals surface area contributed by atoms with Crippen molar-refractivity contribution in [3.8, 4) is 16.9 Å². The molecule has 2 aliphatic carbocycles. The van der Waals surface area contributed by atoms with Crippen molar-refractivity contribution in [3.05, 3.63) is 53.6 Å². The van der Waals surface area contributed by atoms with Gasteiger partial charge in [-0.3, -0.25) is 4.90 Å². The Bertz CT molecular complexity index is 1040. The SMILES string of the molecule is COCOc1ccc(-c2ccc3c(c2)CCC2(CC2)C3NC(=O)O[C@H]2CN3CCC2CC3)cc1. The third-order valence-electron chi connectivity index (χ3n) is 8.50. The van der Waals surface area contributed by atoms with E-state index in [0.717, 1.165) is 56.6 Å². The average Bonchev–Trinajstić information content (AvgIpc) is 3.66. The molecule has 5 aliphatic rings. The van der Waals surface area contributed by atoms with Gasteiger partial charge in [0.15, 0.2) is 6.79 Å². The van der Waals surface area contributed by atoms with Gasteiger partial charge in [0.25, 0.3) is 0 Å². The summed E-state index contributed by atoms with van der Waals surface area (Å²) < 4.78 is 16.5. The first-order valence-electron chi connectivity index (χ1n) is 12.7. The first-order chi connectivity index (χ1) is 16.6. The summed E-state index contributed by atoms with van der Waals surface area (Å²) in [4.78, 5) is 15.4. The Labute approximate surface area is 201 Å². The fraction of sp³-hybridized carbons (Fsp3) is 0.536. The highest BCUT2D eigenvalue weighted by Crippen LogP contribution is 2.61. The molecule has 2 aromatic carbocycles. The van der Waals surface area contributed by atoms with Crippen molar-refractivity contribution in [3.63, 3.8) is 0 Å². The van der Waals surface area contributed by atoms with Gasteiger partial charge in [-0.25, -0.2) is 4.79 Å². The van der Waals surface area contributed by atoms with E-state index in [1.807, 2.05) is 12.1 Å². The van der Waals surface area contributed by atoms with Crippen LogP contribution in [-0.4, -0.2) is 50.6 Å². The predicted octanol–water partition coefficient (Wildman–Crippen LogP) is 4.92. The number of benzene rings is 2. The van der Waals surface area contributed by atoms with Gasteiger partial charge in [0.2, 0.25) is 0 Å². The maximum atomic E-state index is 13.0. The molecule has 3 saturated heterocycles. The lowest BCUT2D eigenvalue weighted by molar-refractivity contribution is -0.0347. The molecule has 34 heavy (non-hydrogen) atoms. The highest BCUT2D eigenvalue weighted by molar-refractivity contribution is 5.70. The van der Waals surface area contributed by atoms with Crippen molar-refractivity contribution >= 4 is 6.09 Å². The van der Waals surface area contributed by atoms with E-state index in [9.17, 15) is 4.79 Å². The molecule has 1 spiro atoms. The zero-order chi connectivity index (χ0) is 23.1. The topological polar surface area (TPSA) is 60.0 Å². The number of ether oxygens (including phenoxy) is 3. The van der Waals surface area contributed by atoms with Gasteiger partial charge in [0, 0.05) is 13.7 Å². The maximum Gasteiger partial charge on any atom is 0.407 e. The molecule has 1 amide bonds. The summed E-state index contributed by atoms with van der Waals surface area (Å²) in [7, 11) is 1.62. The lowest BCUT2D eigenvalue weighted by Gasteiger charge is -2.44. The summed E-state index contributed by atoms with van der Waals surface area (Å²) in [6.45, 7) is 3.44. The maximum absolute atomic E-state index is 13.0. The number of piperidine rings is 3. The summed E-state index contributed by atoms with van der Waals surface area (Å²) in [5.41, 5.74) is 5.16. The normalized spacial score (nSPS) is 28.3. The van der Waals surface area contributed by atoms with E-state index in [4.69, 9.17) is 14.2 Å². The third-order valence-corrected chi connectivity index (χ3v) is 8.50. The molecular weight excluding hydrogens is 428 g/mol. The zero-order valence-corrected chi connectivity index (χ0v) is 19.9. The molecule has 180 valence electrons. The second-order valence-corrected chi connectivity index (χ2v) is 10.5. The van der Waals surface area contributed by atoms with Crippen LogP contribution in [0, 0.1) is 11.3 Å². The van der Waals surface area contributed by atoms with Crippen molar-refractivity contribution in [1.82, 2.24) is 10.2 Å². The molecule has 3 heterocycles. The second kappa shape index (κ2) is 8.90. The highest BCUT2D eigenvalue weighted by atomic mass is 16.7. The summed E-state index contributed by atoms with van der Waals surface area (Å²) in [5, 5.41) is 3.31. The van der Waals surface area contributed by atoms with E-state index in [-0.39, 0.29) is 30.4 Å². The molecule has 0 radical (unpaired) electrons. The zero-order valence-electron chi connectivity index (χ0n) is 19.9. The number of alkyl carbamates (subject to hydrolysis) is 1. The van der Waals surface area contributed by atoms with Crippen LogP contribution in [0.25, 0.3) is 11.1 Å². The number of carbonyl (C=O) groups excluding carboxylic acids is 1. The summed E-state index contributed by atoms with van der Waals surface area (Å²) >= 11 is 0. The lowest BCUT2D eigenvalue weighted by atomic mass is 9.76. The first kappa shape index (κ1) is 21.9. The third kappa shape index (κ3) is 4.18. The van der Waals surface area contributed by atoms with Crippen LogP contribution in [0.5, 0.6) is 5.75 Å². The largest absolute Gasteiger partial charge is 0.468 e. The van der Waals surface area contributed by atoms with Gasteiger partial charge in [-0.15, -0.1) is 0 Å². The smallest absolute Gasteiger partial charge is 0.407 e. The van der Waals surface area contributed by atoms with Gasteiger partial charge < -0.3 is 19.5 Å². The van der Waals surface area contributed by atoms with Crippen LogP contribution < -0.4 is 10.1 Å². The van der Waals surface area contributed by atoms with E-state index < -0.39 is 0 Å². The van der Waals surface area contributed by atoms with Crippen LogP contribution in [0.1, 0.15) is 49.3 Å². The Morgan fingerprint density at radius 3 is 2.50 bits per heavy atom. The molecule has 7 rings (SSSR count). The monoisotopic (exact) mass is 462 g/mol. The van der Waals surface area contributed by atoms with Crippen LogP contribution in [0.15, 0.2) is 42.5 Å². The number of nitrogens with zero attached hydrogens (tertiary/aromatic N) is 1. The molecule has 1 N–H and O–H groups in total. The van der Waals surface area contributed by atoms with Crippen LogP contribution in [-0.2, 0) is 15.9 Å².